The third-order valence-corrected chi connectivity index (χ3v) is 4.75. The van der Waals surface area contributed by atoms with Gasteiger partial charge in [0.2, 0.25) is 5.82 Å². The van der Waals surface area contributed by atoms with Crippen molar-refractivity contribution in [1.82, 2.24) is 40.2 Å². The molecule has 0 aliphatic carbocycles. The third-order valence-electron chi connectivity index (χ3n) is 4.75. The Balaban J connectivity index is 1.45. The number of aromatic amines is 1. The van der Waals surface area contributed by atoms with Crippen LogP contribution in [-0.2, 0) is 19.5 Å². The summed E-state index contributed by atoms with van der Waals surface area (Å²) in [6, 6.07) is 7.88. The summed E-state index contributed by atoms with van der Waals surface area (Å²) in [6.07, 6.45) is 2.67. The Hall–Kier alpha value is -3.07. The largest absolute Gasteiger partial charge is 0.333 e. The van der Waals surface area contributed by atoms with E-state index in [4.69, 9.17) is 0 Å². The number of tetrazole rings is 1. The molecule has 27 heavy (non-hydrogen) atoms. The maximum Gasteiger partial charge on any atom is 0.274 e. The molecule has 2 aromatic heterocycles. The highest BCUT2D eigenvalue weighted by Gasteiger charge is 2.24. The molecule has 0 unspecified atom stereocenters. The second-order valence-electron chi connectivity index (χ2n) is 6.96. The van der Waals surface area contributed by atoms with Crippen LogP contribution in [0.15, 0.2) is 30.5 Å². The summed E-state index contributed by atoms with van der Waals surface area (Å²) in [4.78, 5) is 16.8. The zero-order valence-electron chi connectivity index (χ0n) is 15.5. The van der Waals surface area contributed by atoms with Crippen LogP contribution in [0.25, 0.3) is 11.4 Å². The molecule has 9 nitrogen and oxygen atoms in total. The van der Waals surface area contributed by atoms with Crippen molar-refractivity contribution >= 4 is 5.91 Å². The van der Waals surface area contributed by atoms with Gasteiger partial charge in [0.15, 0.2) is 0 Å². The van der Waals surface area contributed by atoms with Crippen molar-refractivity contribution in [2.45, 2.75) is 19.5 Å². The predicted octanol–water partition coefficient (Wildman–Crippen LogP) is 0.823. The van der Waals surface area contributed by atoms with E-state index in [9.17, 15) is 4.79 Å². The van der Waals surface area contributed by atoms with Crippen LogP contribution in [0, 0.1) is 0 Å². The topological polar surface area (TPSA) is 95.8 Å². The number of hydrogen-bond acceptors (Lipinski definition) is 6. The van der Waals surface area contributed by atoms with Gasteiger partial charge >= 0.3 is 0 Å². The van der Waals surface area contributed by atoms with Gasteiger partial charge in [-0.3, -0.25) is 9.48 Å². The SMILES string of the molecule is CN(C)CCn1ccc(C(=O)N2CCc3cc(-c4nn[nH]n4)ccc3C2)n1. The van der Waals surface area contributed by atoms with E-state index >= 15 is 0 Å². The number of likely N-dealkylation sites (N-methyl/N-ethyl adjacent to an activating group) is 1. The van der Waals surface area contributed by atoms with Crippen molar-refractivity contribution in [2.24, 2.45) is 0 Å². The Morgan fingerprint density at radius 1 is 1.26 bits per heavy atom. The van der Waals surface area contributed by atoms with Gasteiger partial charge in [-0.2, -0.15) is 10.3 Å². The van der Waals surface area contributed by atoms with Gasteiger partial charge in [0.1, 0.15) is 5.69 Å². The second kappa shape index (κ2) is 7.28. The molecule has 1 aromatic carbocycles. The number of nitrogens with one attached hydrogen (secondary N) is 1. The zero-order valence-corrected chi connectivity index (χ0v) is 15.5. The summed E-state index contributed by atoms with van der Waals surface area (Å²) >= 11 is 0. The molecular weight excluding hydrogens is 344 g/mol. The number of H-pyrrole nitrogens is 1. The second-order valence-corrected chi connectivity index (χ2v) is 6.96. The van der Waals surface area contributed by atoms with Gasteiger partial charge in [-0.1, -0.05) is 12.1 Å². The summed E-state index contributed by atoms with van der Waals surface area (Å²) in [5.74, 6) is 0.561. The molecule has 0 atom stereocenters. The average molecular weight is 366 g/mol. The Morgan fingerprint density at radius 3 is 2.93 bits per heavy atom. The van der Waals surface area contributed by atoms with Crippen molar-refractivity contribution in [3.8, 4) is 11.4 Å². The fourth-order valence-electron chi connectivity index (χ4n) is 3.21. The van der Waals surface area contributed by atoms with E-state index in [1.165, 1.54) is 5.56 Å². The van der Waals surface area contributed by atoms with E-state index < -0.39 is 0 Å². The van der Waals surface area contributed by atoms with Gasteiger partial charge < -0.3 is 9.80 Å². The molecular formula is C18H22N8O. The van der Waals surface area contributed by atoms with Crippen LogP contribution in [0.5, 0.6) is 0 Å². The third kappa shape index (κ3) is 3.72. The van der Waals surface area contributed by atoms with Crippen molar-refractivity contribution in [1.29, 1.82) is 0 Å². The summed E-state index contributed by atoms with van der Waals surface area (Å²) in [5, 5.41) is 18.5. The normalized spacial score (nSPS) is 13.8. The van der Waals surface area contributed by atoms with Gasteiger partial charge in [0, 0.05) is 31.4 Å². The maximum absolute atomic E-state index is 12.8. The predicted molar refractivity (Wildman–Crippen MR) is 98.8 cm³/mol. The highest BCUT2D eigenvalue weighted by molar-refractivity contribution is 5.92. The Kier molecular flexibility index (Phi) is 4.68. The van der Waals surface area contributed by atoms with Gasteiger partial charge in [-0.05, 0) is 49.0 Å². The number of amides is 1. The molecule has 3 aromatic rings. The van der Waals surface area contributed by atoms with Gasteiger partial charge in [-0.15, -0.1) is 10.2 Å². The minimum absolute atomic E-state index is 0.0218. The lowest BCUT2D eigenvalue weighted by molar-refractivity contribution is 0.0727. The van der Waals surface area contributed by atoms with Crippen LogP contribution in [-0.4, -0.2) is 73.3 Å². The maximum atomic E-state index is 12.8. The first-order chi connectivity index (χ1) is 13.1. The van der Waals surface area contributed by atoms with Crippen LogP contribution in [0.4, 0.5) is 0 Å². The molecule has 1 aliphatic heterocycles. The number of aromatic nitrogens is 6. The Morgan fingerprint density at radius 2 is 2.15 bits per heavy atom. The fourth-order valence-corrected chi connectivity index (χ4v) is 3.21. The smallest absolute Gasteiger partial charge is 0.274 e. The highest BCUT2D eigenvalue weighted by Crippen LogP contribution is 2.24. The van der Waals surface area contributed by atoms with Crippen LogP contribution in [0.2, 0.25) is 0 Å². The van der Waals surface area contributed by atoms with E-state index in [0.717, 1.165) is 30.6 Å². The Labute approximate surface area is 157 Å². The monoisotopic (exact) mass is 366 g/mol. The highest BCUT2D eigenvalue weighted by atomic mass is 16.2. The molecule has 3 heterocycles. The first kappa shape index (κ1) is 17.3. The number of nitrogens with zero attached hydrogens (tertiary/aromatic N) is 7. The number of hydrogen-bond donors (Lipinski definition) is 1. The van der Waals surface area contributed by atoms with E-state index in [2.05, 4.69) is 36.7 Å². The summed E-state index contributed by atoms with van der Waals surface area (Å²) < 4.78 is 1.82. The van der Waals surface area contributed by atoms with Crippen LogP contribution < -0.4 is 0 Å². The standard InChI is InChI=1S/C18H22N8O/c1-24(2)9-10-26-8-6-16(21-26)18(27)25-7-5-13-11-14(3-4-15(13)12-25)17-19-22-23-20-17/h3-4,6,8,11H,5,7,9-10,12H2,1-2H3,(H,19,20,22,23). The molecule has 1 aliphatic rings. The molecule has 1 amide bonds. The molecule has 9 heteroatoms. The first-order valence-electron chi connectivity index (χ1n) is 8.93. The molecule has 0 saturated carbocycles. The summed E-state index contributed by atoms with van der Waals surface area (Å²) in [5.41, 5.74) is 3.80. The van der Waals surface area contributed by atoms with Crippen LogP contribution in [0.3, 0.4) is 0 Å². The Bertz CT molecular complexity index is 931. The van der Waals surface area contributed by atoms with Crippen LogP contribution in [0.1, 0.15) is 21.6 Å². The lowest BCUT2D eigenvalue weighted by atomic mass is 9.97. The average Bonchev–Trinajstić information content (AvgIpc) is 3.37. The lowest BCUT2D eigenvalue weighted by Gasteiger charge is -2.28. The molecule has 140 valence electrons. The molecule has 0 saturated heterocycles. The molecule has 0 bridgehead atoms. The van der Waals surface area contributed by atoms with E-state index in [0.29, 0.717) is 24.6 Å². The molecule has 0 radical (unpaired) electrons. The van der Waals surface area contributed by atoms with Crippen molar-refractivity contribution in [3.05, 3.63) is 47.3 Å². The quantitative estimate of drug-likeness (QED) is 0.718. The van der Waals surface area contributed by atoms with Gasteiger partial charge in [-0.25, -0.2) is 0 Å². The lowest BCUT2D eigenvalue weighted by Crippen LogP contribution is -2.36. The van der Waals surface area contributed by atoms with E-state index in [-0.39, 0.29) is 5.91 Å². The first-order valence-corrected chi connectivity index (χ1v) is 8.93. The number of benzene rings is 1. The summed E-state index contributed by atoms with van der Waals surface area (Å²) in [7, 11) is 4.04. The molecule has 0 spiro atoms. The fraction of sp³-hybridized carbons (Fsp3) is 0.389. The summed E-state index contributed by atoms with van der Waals surface area (Å²) in [6.45, 7) is 2.91. The van der Waals surface area contributed by atoms with E-state index in [1.54, 1.807) is 6.07 Å². The molecule has 1 N–H and O–H groups in total. The van der Waals surface area contributed by atoms with E-state index in [1.807, 2.05) is 42.0 Å². The number of rotatable bonds is 5. The zero-order chi connectivity index (χ0) is 18.8. The molecule has 0 fully saturated rings. The van der Waals surface area contributed by atoms with Crippen molar-refractivity contribution < 1.29 is 4.79 Å². The minimum Gasteiger partial charge on any atom is -0.333 e. The minimum atomic E-state index is -0.0218. The molecule has 4 rings (SSSR count). The number of fused-ring (bicyclic) bond motifs is 1. The number of carbonyl (C=O) groups is 1. The van der Waals surface area contributed by atoms with Crippen LogP contribution >= 0.6 is 0 Å². The van der Waals surface area contributed by atoms with Crippen molar-refractivity contribution in [2.75, 3.05) is 27.2 Å². The van der Waals surface area contributed by atoms with Crippen molar-refractivity contribution in [3.63, 3.8) is 0 Å². The van der Waals surface area contributed by atoms with Gasteiger partial charge in [0.05, 0.1) is 6.54 Å². The number of carbonyl (C=O) groups excluding carboxylic acids is 1. The van der Waals surface area contributed by atoms with Gasteiger partial charge in [0.25, 0.3) is 5.91 Å².